The van der Waals surface area contributed by atoms with E-state index < -0.39 is 0 Å². The molecule has 0 saturated carbocycles. The zero-order valence-corrected chi connectivity index (χ0v) is 12.0. The molecule has 0 heterocycles. The molecule has 0 fully saturated rings. The Morgan fingerprint density at radius 1 is 1.32 bits per heavy atom. The number of benzene rings is 1. The molecule has 0 spiro atoms. The van der Waals surface area contributed by atoms with Crippen molar-refractivity contribution >= 4 is 5.91 Å². The van der Waals surface area contributed by atoms with E-state index >= 15 is 0 Å². The van der Waals surface area contributed by atoms with Crippen LogP contribution in [-0.4, -0.2) is 19.6 Å². The highest BCUT2D eigenvalue weighted by Crippen LogP contribution is 2.12. The Morgan fingerprint density at radius 3 is 2.47 bits per heavy atom. The number of hydrogen-bond acceptors (Lipinski definition) is 3. The molecule has 4 nitrogen and oxygen atoms in total. The molecule has 0 saturated heterocycles. The summed E-state index contributed by atoms with van der Waals surface area (Å²) in [5.41, 5.74) is 7.82. The molecule has 19 heavy (non-hydrogen) atoms. The Hall–Kier alpha value is -1.39. The molecular weight excluding hydrogens is 240 g/mol. The van der Waals surface area contributed by atoms with Gasteiger partial charge < -0.3 is 15.8 Å². The molecule has 3 N–H and O–H groups in total. The molecule has 0 aliphatic carbocycles. The number of hydrogen-bond donors (Lipinski definition) is 2. The van der Waals surface area contributed by atoms with Crippen LogP contribution in [0.25, 0.3) is 0 Å². The van der Waals surface area contributed by atoms with Crippen LogP contribution in [0.5, 0.6) is 0 Å². The second-order valence-corrected chi connectivity index (χ2v) is 5.01. The lowest BCUT2D eigenvalue weighted by Gasteiger charge is -2.19. The standard InChI is InChI=1S/C15H24N2O2/c1-11(2)14(8-16)15(18)17-9-12-6-4-5-7-13(12)10-19-3/h4-7,11,14H,8-10,16H2,1-3H3,(H,17,18). The summed E-state index contributed by atoms with van der Waals surface area (Å²) in [4.78, 5) is 12.0. The third kappa shape index (κ3) is 4.65. The van der Waals surface area contributed by atoms with Crippen LogP contribution >= 0.6 is 0 Å². The third-order valence-corrected chi connectivity index (χ3v) is 3.27. The molecule has 4 heteroatoms. The first-order chi connectivity index (χ1) is 9.10. The number of rotatable bonds is 7. The van der Waals surface area contributed by atoms with Crippen LogP contribution in [0.3, 0.4) is 0 Å². The van der Waals surface area contributed by atoms with E-state index in [1.807, 2.05) is 38.1 Å². The van der Waals surface area contributed by atoms with Crippen molar-refractivity contribution in [3.63, 3.8) is 0 Å². The van der Waals surface area contributed by atoms with Gasteiger partial charge in [0.15, 0.2) is 0 Å². The third-order valence-electron chi connectivity index (χ3n) is 3.27. The van der Waals surface area contributed by atoms with Crippen LogP contribution in [0.2, 0.25) is 0 Å². The number of amides is 1. The van der Waals surface area contributed by atoms with Crippen molar-refractivity contribution in [2.24, 2.45) is 17.6 Å². The minimum absolute atomic E-state index is 0.0183. The zero-order chi connectivity index (χ0) is 14.3. The van der Waals surface area contributed by atoms with Gasteiger partial charge >= 0.3 is 0 Å². The molecule has 0 aromatic heterocycles. The van der Waals surface area contributed by atoms with Crippen molar-refractivity contribution in [1.29, 1.82) is 0 Å². The number of carbonyl (C=O) groups excluding carboxylic acids is 1. The predicted molar refractivity (Wildman–Crippen MR) is 76.4 cm³/mol. The van der Waals surface area contributed by atoms with Crippen molar-refractivity contribution in [1.82, 2.24) is 5.32 Å². The SMILES string of the molecule is COCc1ccccc1CNC(=O)C(CN)C(C)C. The van der Waals surface area contributed by atoms with E-state index in [1.54, 1.807) is 7.11 Å². The molecular formula is C15H24N2O2. The molecule has 0 radical (unpaired) electrons. The zero-order valence-electron chi connectivity index (χ0n) is 12.0. The minimum atomic E-state index is -0.130. The molecule has 1 atom stereocenters. The minimum Gasteiger partial charge on any atom is -0.380 e. The lowest BCUT2D eigenvalue weighted by atomic mass is 9.95. The second kappa shape index (κ2) is 7.92. The fourth-order valence-electron chi connectivity index (χ4n) is 2.02. The monoisotopic (exact) mass is 264 g/mol. The van der Waals surface area contributed by atoms with E-state index in [9.17, 15) is 4.79 Å². The summed E-state index contributed by atoms with van der Waals surface area (Å²) >= 11 is 0. The molecule has 1 aromatic carbocycles. The fraction of sp³-hybridized carbons (Fsp3) is 0.533. The molecule has 1 amide bonds. The van der Waals surface area contributed by atoms with Gasteiger partial charge in [-0.3, -0.25) is 4.79 Å². The summed E-state index contributed by atoms with van der Waals surface area (Å²) in [6.45, 7) is 5.47. The summed E-state index contributed by atoms with van der Waals surface area (Å²) < 4.78 is 5.15. The van der Waals surface area contributed by atoms with Gasteiger partial charge in [0, 0.05) is 20.2 Å². The maximum Gasteiger partial charge on any atom is 0.224 e. The van der Waals surface area contributed by atoms with Crippen molar-refractivity contribution < 1.29 is 9.53 Å². The highest BCUT2D eigenvalue weighted by Gasteiger charge is 2.20. The summed E-state index contributed by atoms with van der Waals surface area (Å²) in [6, 6.07) is 7.94. The average molecular weight is 264 g/mol. The first-order valence-corrected chi connectivity index (χ1v) is 6.63. The largest absolute Gasteiger partial charge is 0.380 e. The first-order valence-electron chi connectivity index (χ1n) is 6.63. The van der Waals surface area contributed by atoms with Gasteiger partial charge in [0.05, 0.1) is 12.5 Å². The molecule has 1 unspecified atom stereocenters. The highest BCUT2D eigenvalue weighted by molar-refractivity contribution is 5.79. The van der Waals surface area contributed by atoms with Gasteiger partial charge in [-0.25, -0.2) is 0 Å². The molecule has 106 valence electrons. The Morgan fingerprint density at radius 2 is 1.95 bits per heavy atom. The average Bonchev–Trinajstić information content (AvgIpc) is 2.38. The Labute approximate surface area is 115 Å². The highest BCUT2D eigenvalue weighted by atomic mass is 16.5. The van der Waals surface area contributed by atoms with Crippen molar-refractivity contribution in [3.8, 4) is 0 Å². The molecule has 0 aliphatic heterocycles. The molecule has 0 aliphatic rings. The van der Waals surface area contributed by atoms with Crippen LogP contribution in [-0.2, 0) is 22.7 Å². The topological polar surface area (TPSA) is 64.3 Å². The van der Waals surface area contributed by atoms with E-state index in [0.717, 1.165) is 11.1 Å². The van der Waals surface area contributed by atoms with Gasteiger partial charge in [0.25, 0.3) is 0 Å². The van der Waals surface area contributed by atoms with E-state index in [1.165, 1.54) is 0 Å². The van der Waals surface area contributed by atoms with E-state index in [4.69, 9.17) is 10.5 Å². The molecule has 0 bridgehead atoms. The van der Waals surface area contributed by atoms with Crippen LogP contribution in [0.1, 0.15) is 25.0 Å². The number of nitrogens with one attached hydrogen (secondary N) is 1. The smallest absolute Gasteiger partial charge is 0.224 e. The lowest BCUT2D eigenvalue weighted by molar-refractivity contribution is -0.126. The van der Waals surface area contributed by atoms with Gasteiger partial charge in [-0.05, 0) is 17.0 Å². The van der Waals surface area contributed by atoms with Crippen molar-refractivity contribution in [2.75, 3.05) is 13.7 Å². The Balaban J connectivity index is 2.63. The van der Waals surface area contributed by atoms with Gasteiger partial charge in [0.2, 0.25) is 5.91 Å². The summed E-state index contributed by atoms with van der Waals surface area (Å²) in [5, 5.41) is 2.96. The number of nitrogens with two attached hydrogens (primary N) is 1. The van der Waals surface area contributed by atoms with Crippen molar-refractivity contribution in [2.45, 2.75) is 27.0 Å². The fourth-order valence-corrected chi connectivity index (χ4v) is 2.02. The Kier molecular flexibility index (Phi) is 6.53. The predicted octanol–water partition coefficient (Wildman–Crippen LogP) is 1.68. The number of ether oxygens (including phenoxy) is 1. The summed E-state index contributed by atoms with van der Waals surface area (Å²) in [7, 11) is 1.67. The Bertz CT molecular complexity index is 405. The van der Waals surface area contributed by atoms with Gasteiger partial charge in [-0.2, -0.15) is 0 Å². The van der Waals surface area contributed by atoms with Crippen LogP contribution in [0.4, 0.5) is 0 Å². The maximum atomic E-state index is 12.0. The molecule has 1 aromatic rings. The first kappa shape index (κ1) is 15.7. The lowest BCUT2D eigenvalue weighted by Crippen LogP contribution is -2.37. The van der Waals surface area contributed by atoms with Crippen LogP contribution in [0.15, 0.2) is 24.3 Å². The van der Waals surface area contributed by atoms with E-state index in [-0.39, 0.29) is 17.7 Å². The van der Waals surface area contributed by atoms with Gasteiger partial charge in [-0.15, -0.1) is 0 Å². The van der Waals surface area contributed by atoms with Crippen LogP contribution < -0.4 is 11.1 Å². The number of carbonyl (C=O) groups is 1. The van der Waals surface area contributed by atoms with Crippen LogP contribution in [0, 0.1) is 11.8 Å². The normalized spacial score (nSPS) is 12.5. The van der Waals surface area contributed by atoms with E-state index in [2.05, 4.69) is 5.32 Å². The molecule has 1 rings (SSSR count). The van der Waals surface area contributed by atoms with Gasteiger partial charge in [-0.1, -0.05) is 38.1 Å². The van der Waals surface area contributed by atoms with E-state index in [0.29, 0.717) is 19.7 Å². The summed E-state index contributed by atoms with van der Waals surface area (Å²) in [6.07, 6.45) is 0. The summed E-state index contributed by atoms with van der Waals surface area (Å²) in [5.74, 6) is 0.138. The van der Waals surface area contributed by atoms with Crippen molar-refractivity contribution in [3.05, 3.63) is 35.4 Å². The second-order valence-electron chi connectivity index (χ2n) is 5.01. The number of methoxy groups -OCH3 is 1. The maximum absolute atomic E-state index is 12.0. The quantitative estimate of drug-likeness (QED) is 0.787. The van der Waals surface area contributed by atoms with Gasteiger partial charge in [0.1, 0.15) is 0 Å².